The molecule has 2 unspecified atom stereocenters. The summed E-state index contributed by atoms with van der Waals surface area (Å²) >= 11 is 0. The number of hydrogen-bond donors (Lipinski definition) is 0. The predicted molar refractivity (Wildman–Crippen MR) is 61.1 cm³/mol. The summed E-state index contributed by atoms with van der Waals surface area (Å²) in [6, 6.07) is 6.99. The fraction of sp³-hybridized carbons (Fsp3) is 0.154. The van der Waals surface area contributed by atoms with Crippen molar-refractivity contribution in [3.05, 3.63) is 70.2 Å². The molecule has 0 radical (unpaired) electrons. The standard InChI is InChI=1S/C13H10NO2/c15-14(16)13-11-7-3-1-5-9(11)10-6-2-4-8-12(10)13/h1-8,11,13H/q+1. The number of allylic oxidation sites excluding steroid dienone is 2. The molecule has 3 heteroatoms. The van der Waals surface area contributed by atoms with Crippen molar-refractivity contribution in [2.75, 3.05) is 0 Å². The highest BCUT2D eigenvalue weighted by Crippen LogP contribution is 2.48. The number of fused-ring (bicyclic) bond motifs is 3. The molecule has 16 heavy (non-hydrogen) atoms. The topological polar surface area (TPSA) is 43.1 Å². The van der Waals surface area contributed by atoms with E-state index in [9.17, 15) is 10.1 Å². The number of benzene rings is 1. The van der Waals surface area contributed by atoms with Crippen LogP contribution < -0.4 is 0 Å². The summed E-state index contributed by atoms with van der Waals surface area (Å²) in [5, 5.41) is 11.2. The lowest BCUT2D eigenvalue weighted by atomic mass is 9.92. The van der Waals surface area contributed by atoms with Gasteiger partial charge < -0.3 is 0 Å². The van der Waals surface area contributed by atoms with Gasteiger partial charge >= 0.3 is 0 Å². The minimum Gasteiger partial charge on any atom is -0.264 e. The summed E-state index contributed by atoms with van der Waals surface area (Å²) in [5.41, 5.74) is 2.93. The molecule has 0 bridgehead atoms. The zero-order valence-electron chi connectivity index (χ0n) is 8.54. The second-order valence-corrected chi connectivity index (χ2v) is 4.04. The monoisotopic (exact) mass is 212 g/mol. The maximum Gasteiger partial charge on any atom is 0.272 e. The van der Waals surface area contributed by atoms with Crippen LogP contribution in [0.3, 0.4) is 0 Å². The van der Waals surface area contributed by atoms with E-state index in [4.69, 9.17) is 0 Å². The van der Waals surface area contributed by atoms with E-state index in [-0.39, 0.29) is 10.8 Å². The summed E-state index contributed by atoms with van der Waals surface area (Å²) < 4.78 is 0. The van der Waals surface area contributed by atoms with E-state index < -0.39 is 6.04 Å². The largest absolute Gasteiger partial charge is 0.272 e. The molecule has 0 aromatic heterocycles. The molecule has 78 valence electrons. The predicted octanol–water partition coefficient (Wildman–Crippen LogP) is 2.79. The molecule has 0 N–H and O–H groups in total. The fourth-order valence-electron chi connectivity index (χ4n) is 2.56. The molecule has 3 rings (SSSR count). The number of nitro groups is 1. The summed E-state index contributed by atoms with van der Waals surface area (Å²) in [6.07, 6.45) is 7.72. The van der Waals surface area contributed by atoms with Crippen LogP contribution in [-0.4, -0.2) is 4.92 Å². The van der Waals surface area contributed by atoms with Gasteiger partial charge in [-0.25, -0.2) is 0 Å². The summed E-state index contributed by atoms with van der Waals surface area (Å²) in [5.74, 6) is -0.0996. The van der Waals surface area contributed by atoms with Crippen molar-refractivity contribution < 1.29 is 4.92 Å². The van der Waals surface area contributed by atoms with Gasteiger partial charge in [0.05, 0.1) is 11.6 Å². The van der Waals surface area contributed by atoms with Gasteiger partial charge in [-0.15, -0.1) is 0 Å². The first-order chi connectivity index (χ1) is 7.79. The third-order valence-corrected chi connectivity index (χ3v) is 3.22. The fourth-order valence-corrected chi connectivity index (χ4v) is 2.56. The number of rotatable bonds is 1. The van der Waals surface area contributed by atoms with E-state index in [2.05, 4.69) is 0 Å². The molecular weight excluding hydrogens is 202 g/mol. The van der Waals surface area contributed by atoms with E-state index in [1.165, 1.54) is 0 Å². The Balaban J connectivity index is 2.21. The molecule has 1 aromatic carbocycles. The molecular formula is C13H10NO2+. The minimum atomic E-state index is -0.618. The normalized spacial score (nSPS) is 25.4. The maximum absolute atomic E-state index is 11.2. The molecule has 3 nitrogen and oxygen atoms in total. The van der Waals surface area contributed by atoms with Crippen molar-refractivity contribution in [1.29, 1.82) is 0 Å². The molecule has 0 saturated heterocycles. The Bertz CT molecular complexity index is 516. The highest BCUT2D eigenvalue weighted by molar-refractivity contribution is 5.79. The molecule has 0 heterocycles. The van der Waals surface area contributed by atoms with Gasteiger partial charge in [0.25, 0.3) is 6.04 Å². The molecule has 2 aliphatic rings. The number of nitrogens with zero attached hydrogens (tertiary/aromatic N) is 1. The highest BCUT2D eigenvalue weighted by Gasteiger charge is 2.48. The van der Waals surface area contributed by atoms with Crippen LogP contribution in [0.25, 0.3) is 5.57 Å². The van der Waals surface area contributed by atoms with Crippen molar-refractivity contribution in [2.24, 2.45) is 5.92 Å². The summed E-state index contributed by atoms with van der Waals surface area (Å²) in [4.78, 5) is 11.0. The second kappa shape index (κ2) is 3.23. The van der Waals surface area contributed by atoms with Crippen LogP contribution in [0.15, 0.2) is 42.5 Å². The third kappa shape index (κ3) is 1.11. The van der Waals surface area contributed by atoms with E-state index in [1.807, 2.05) is 48.9 Å². The van der Waals surface area contributed by atoms with Crippen LogP contribution >= 0.6 is 0 Å². The lowest BCUT2D eigenvalue weighted by Crippen LogP contribution is -2.15. The first-order valence-corrected chi connectivity index (χ1v) is 5.23. The smallest absolute Gasteiger partial charge is 0.264 e. The summed E-state index contributed by atoms with van der Waals surface area (Å²) in [6.45, 7) is 0. The van der Waals surface area contributed by atoms with Crippen molar-refractivity contribution in [2.45, 2.75) is 6.04 Å². The average molecular weight is 212 g/mol. The van der Waals surface area contributed by atoms with Gasteiger partial charge in [0.15, 0.2) is 5.92 Å². The molecule has 0 spiro atoms. The van der Waals surface area contributed by atoms with Crippen LogP contribution in [0.1, 0.15) is 17.2 Å². The van der Waals surface area contributed by atoms with Gasteiger partial charge in [-0.2, -0.15) is 0 Å². The van der Waals surface area contributed by atoms with Crippen LogP contribution in [0, 0.1) is 22.5 Å². The maximum atomic E-state index is 11.2. The van der Waals surface area contributed by atoms with Gasteiger partial charge in [0.2, 0.25) is 0 Å². The first-order valence-electron chi connectivity index (χ1n) is 5.23. The highest BCUT2D eigenvalue weighted by atomic mass is 16.6. The zero-order chi connectivity index (χ0) is 11.1. The molecule has 0 fully saturated rings. The molecule has 1 aromatic rings. The Morgan fingerprint density at radius 1 is 1.31 bits per heavy atom. The minimum absolute atomic E-state index is 0.0996. The van der Waals surface area contributed by atoms with Gasteiger partial charge in [-0.1, -0.05) is 18.2 Å². The van der Waals surface area contributed by atoms with Crippen molar-refractivity contribution >= 4 is 5.57 Å². The average Bonchev–Trinajstić information content (AvgIpc) is 2.63. The Hall–Kier alpha value is -2.03. The lowest BCUT2D eigenvalue weighted by molar-refractivity contribution is -0.532. The SMILES string of the molecule is O=[N+]([O-])C1c2ccccc2C2=C[CH+]C=CC21. The van der Waals surface area contributed by atoms with Crippen molar-refractivity contribution in [3.8, 4) is 0 Å². The zero-order valence-corrected chi connectivity index (χ0v) is 8.54. The van der Waals surface area contributed by atoms with Crippen LogP contribution in [0.2, 0.25) is 0 Å². The second-order valence-electron chi connectivity index (χ2n) is 4.04. The molecule has 0 saturated carbocycles. The van der Waals surface area contributed by atoms with Gasteiger partial charge in [-0.3, -0.25) is 10.1 Å². The van der Waals surface area contributed by atoms with Crippen LogP contribution in [-0.2, 0) is 0 Å². The molecule has 0 aliphatic heterocycles. The van der Waals surface area contributed by atoms with Crippen molar-refractivity contribution in [3.63, 3.8) is 0 Å². The lowest BCUT2D eigenvalue weighted by Gasteiger charge is -2.07. The van der Waals surface area contributed by atoms with Gasteiger partial charge in [-0.05, 0) is 6.07 Å². The van der Waals surface area contributed by atoms with E-state index in [0.717, 1.165) is 16.7 Å². The Kier molecular flexibility index (Phi) is 1.86. The Labute approximate surface area is 93.2 Å². The van der Waals surface area contributed by atoms with Gasteiger partial charge in [0, 0.05) is 34.6 Å². The van der Waals surface area contributed by atoms with E-state index in [1.54, 1.807) is 0 Å². The van der Waals surface area contributed by atoms with Crippen molar-refractivity contribution in [1.82, 2.24) is 0 Å². The Morgan fingerprint density at radius 3 is 2.94 bits per heavy atom. The van der Waals surface area contributed by atoms with Gasteiger partial charge in [0.1, 0.15) is 0 Å². The molecule has 2 atom stereocenters. The van der Waals surface area contributed by atoms with Crippen LogP contribution in [0.4, 0.5) is 0 Å². The first kappa shape index (κ1) is 9.21. The van der Waals surface area contributed by atoms with E-state index >= 15 is 0 Å². The van der Waals surface area contributed by atoms with Crippen LogP contribution in [0.5, 0.6) is 0 Å². The third-order valence-electron chi connectivity index (χ3n) is 3.22. The molecule has 2 aliphatic carbocycles. The quantitative estimate of drug-likeness (QED) is 0.408. The molecule has 0 amide bonds. The number of hydrogen-bond acceptors (Lipinski definition) is 2. The Morgan fingerprint density at radius 2 is 2.12 bits per heavy atom. The van der Waals surface area contributed by atoms with E-state index in [0.29, 0.717) is 0 Å². The summed E-state index contributed by atoms with van der Waals surface area (Å²) in [7, 11) is 0.